The van der Waals surface area contributed by atoms with E-state index in [-0.39, 0.29) is 6.61 Å². The number of pyridine rings is 1. The number of aromatic nitrogens is 1. The predicted octanol–water partition coefficient (Wildman–Crippen LogP) is 3.45. The highest BCUT2D eigenvalue weighted by Gasteiger charge is 2.04. The van der Waals surface area contributed by atoms with E-state index in [1.165, 1.54) is 0 Å². The quantitative estimate of drug-likeness (QED) is 0.850. The van der Waals surface area contributed by atoms with Gasteiger partial charge in [-0.3, -0.25) is 0 Å². The van der Waals surface area contributed by atoms with Gasteiger partial charge >= 0.3 is 0 Å². The third-order valence-corrected chi connectivity index (χ3v) is 3.10. The first-order valence-electron chi connectivity index (χ1n) is 5.31. The van der Waals surface area contributed by atoms with Gasteiger partial charge in [0.15, 0.2) is 0 Å². The lowest BCUT2D eigenvalue weighted by Gasteiger charge is -2.07. The van der Waals surface area contributed by atoms with Gasteiger partial charge in [0.2, 0.25) is 0 Å². The van der Waals surface area contributed by atoms with Gasteiger partial charge < -0.3 is 10.4 Å². The van der Waals surface area contributed by atoms with Crippen LogP contribution in [-0.4, -0.2) is 23.2 Å². The number of nitrogens with zero attached hydrogens (tertiary/aromatic N) is 1. The molecular formula is C12H12BrClN2O. The highest BCUT2D eigenvalue weighted by Crippen LogP contribution is 2.27. The van der Waals surface area contributed by atoms with E-state index in [4.69, 9.17) is 16.7 Å². The minimum Gasteiger partial charge on any atom is -0.396 e. The van der Waals surface area contributed by atoms with E-state index in [9.17, 15) is 0 Å². The molecule has 0 spiro atoms. The Morgan fingerprint density at radius 3 is 2.94 bits per heavy atom. The van der Waals surface area contributed by atoms with E-state index in [1.54, 1.807) is 0 Å². The van der Waals surface area contributed by atoms with Crippen molar-refractivity contribution in [3.8, 4) is 0 Å². The predicted molar refractivity (Wildman–Crippen MR) is 74.6 cm³/mol. The largest absolute Gasteiger partial charge is 0.396 e. The number of anilines is 1. The van der Waals surface area contributed by atoms with E-state index < -0.39 is 0 Å². The van der Waals surface area contributed by atoms with Gasteiger partial charge in [-0.1, -0.05) is 27.5 Å². The smallest absolute Gasteiger partial charge is 0.126 e. The van der Waals surface area contributed by atoms with Crippen LogP contribution >= 0.6 is 27.5 Å². The molecule has 17 heavy (non-hydrogen) atoms. The number of rotatable bonds is 4. The van der Waals surface area contributed by atoms with Gasteiger partial charge in [0.25, 0.3) is 0 Å². The molecule has 1 aromatic carbocycles. The number of nitrogens with one attached hydrogen (secondary N) is 1. The second-order valence-corrected chi connectivity index (χ2v) is 4.98. The van der Waals surface area contributed by atoms with Gasteiger partial charge in [-0.2, -0.15) is 0 Å². The fourth-order valence-corrected chi connectivity index (χ4v) is 2.43. The molecule has 1 heterocycles. The fraction of sp³-hybridized carbons (Fsp3) is 0.250. The molecule has 2 rings (SSSR count). The van der Waals surface area contributed by atoms with E-state index in [2.05, 4.69) is 26.2 Å². The summed E-state index contributed by atoms with van der Waals surface area (Å²) in [4.78, 5) is 4.44. The summed E-state index contributed by atoms with van der Waals surface area (Å²) in [7, 11) is 0. The van der Waals surface area contributed by atoms with Crippen LogP contribution in [0.4, 0.5) is 5.82 Å². The van der Waals surface area contributed by atoms with E-state index in [0.29, 0.717) is 18.0 Å². The van der Waals surface area contributed by atoms with Crippen molar-refractivity contribution in [2.24, 2.45) is 0 Å². The molecule has 0 aliphatic heterocycles. The van der Waals surface area contributed by atoms with Gasteiger partial charge in [-0.05, 0) is 30.7 Å². The molecule has 0 atom stereocenters. The van der Waals surface area contributed by atoms with Gasteiger partial charge in [0, 0.05) is 23.0 Å². The molecule has 0 fully saturated rings. The number of aliphatic hydroxyl groups excluding tert-OH is 1. The first-order valence-corrected chi connectivity index (χ1v) is 6.48. The second-order valence-electron chi connectivity index (χ2n) is 3.66. The zero-order valence-corrected chi connectivity index (χ0v) is 11.4. The molecule has 0 saturated carbocycles. The molecule has 5 heteroatoms. The van der Waals surface area contributed by atoms with Gasteiger partial charge in [0.1, 0.15) is 5.82 Å². The SMILES string of the molecule is OCCCNc1ccc2cc(Br)cc(Cl)c2n1. The molecule has 90 valence electrons. The van der Waals surface area contributed by atoms with Crippen molar-refractivity contribution in [1.29, 1.82) is 0 Å². The van der Waals surface area contributed by atoms with Crippen LogP contribution in [0.25, 0.3) is 10.9 Å². The Balaban J connectivity index is 2.30. The lowest BCUT2D eigenvalue weighted by molar-refractivity contribution is 0.292. The second kappa shape index (κ2) is 5.67. The van der Waals surface area contributed by atoms with Crippen molar-refractivity contribution >= 4 is 44.3 Å². The minimum absolute atomic E-state index is 0.175. The third-order valence-electron chi connectivity index (χ3n) is 2.35. The number of fused-ring (bicyclic) bond motifs is 1. The minimum atomic E-state index is 0.175. The van der Waals surface area contributed by atoms with Crippen molar-refractivity contribution in [3.05, 3.63) is 33.8 Å². The molecule has 0 saturated heterocycles. The van der Waals surface area contributed by atoms with Gasteiger partial charge in [0.05, 0.1) is 10.5 Å². The maximum atomic E-state index is 8.70. The summed E-state index contributed by atoms with van der Waals surface area (Å²) in [6.45, 7) is 0.872. The van der Waals surface area contributed by atoms with Crippen molar-refractivity contribution in [2.45, 2.75) is 6.42 Å². The standard InChI is InChI=1S/C12H12BrClN2O/c13-9-6-8-2-3-11(15-4-1-5-17)16-12(8)10(14)7-9/h2-3,6-7,17H,1,4-5H2,(H,15,16). The van der Waals surface area contributed by atoms with Crippen LogP contribution < -0.4 is 5.32 Å². The first kappa shape index (κ1) is 12.6. The fourth-order valence-electron chi connectivity index (χ4n) is 1.55. The Kier molecular flexibility index (Phi) is 4.20. The summed E-state index contributed by atoms with van der Waals surface area (Å²) < 4.78 is 0.942. The number of aliphatic hydroxyl groups is 1. The van der Waals surface area contributed by atoms with Crippen LogP contribution in [0.3, 0.4) is 0 Å². The molecule has 3 nitrogen and oxygen atoms in total. The lowest BCUT2D eigenvalue weighted by atomic mass is 10.2. The molecule has 0 bridgehead atoms. The molecule has 1 aromatic heterocycles. The summed E-state index contributed by atoms with van der Waals surface area (Å²) in [5.74, 6) is 0.773. The van der Waals surface area contributed by atoms with E-state index >= 15 is 0 Å². The molecule has 0 radical (unpaired) electrons. The molecule has 2 aromatic rings. The third kappa shape index (κ3) is 3.09. The van der Waals surface area contributed by atoms with Crippen molar-refractivity contribution in [2.75, 3.05) is 18.5 Å². The Hall–Kier alpha value is -0.840. The Morgan fingerprint density at radius 1 is 1.35 bits per heavy atom. The Labute approximate surface area is 113 Å². The topological polar surface area (TPSA) is 45.1 Å². The molecular weight excluding hydrogens is 304 g/mol. The summed E-state index contributed by atoms with van der Waals surface area (Å²) >= 11 is 9.53. The Morgan fingerprint density at radius 2 is 2.18 bits per heavy atom. The lowest BCUT2D eigenvalue weighted by Crippen LogP contribution is -2.04. The summed E-state index contributed by atoms with van der Waals surface area (Å²) in [5, 5.41) is 13.5. The van der Waals surface area contributed by atoms with Crippen LogP contribution in [0.2, 0.25) is 5.02 Å². The van der Waals surface area contributed by atoms with Crippen LogP contribution in [0, 0.1) is 0 Å². The number of benzene rings is 1. The van der Waals surface area contributed by atoms with Crippen LogP contribution in [-0.2, 0) is 0 Å². The van der Waals surface area contributed by atoms with Crippen LogP contribution in [0.15, 0.2) is 28.7 Å². The summed E-state index contributed by atoms with van der Waals surface area (Å²) in [6.07, 6.45) is 0.702. The average Bonchev–Trinajstić information content (AvgIpc) is 2.30. The molecule has 2 N–H and O–H groups in total. The van der Waals surface area contributed by atoms with Crippen LogP contribution in [0.5, 0.6) is 0 Å². The van der Waals surface area contributed by atoms with Crippen molar-refractivity contribution in [1.82, 2.24) is 4.98 Å². The first-order chi connectivity index (χ1) is 8.20. The van der Waals surface area contributed by atoms with E-state index in [1.807, 2.05) is 24.3 Å². The van der Waals surface area contributed by atoms with E-state index in [0.717, 1.165) is 21.2 Å². The summed E-state index contributed by atoms with van der Waals surface area (Å²) in [6, 6.07) is 7.68. The maximum absolute atomic E-state index is 8.70. The molecule has 0 aliphatic carbocycles. The maximum Gasteiger partial charge on any atom is 0.126 e. The zero-order valence-electron chi connectivity index (χ0n) is 9.08. The Bertz CT molecular complexity index is 533. The highest BCUT2D eigenvalue weighted by molar-refractivity contribution is 9.10. The number of hydrogen-bond acceptors (Lipinski definition) is 3. The molecule has 0 amide bonds. The normalized spacial score (nSPS) is 10.8. The number of hydrogen-bond donors (Lipinski definition) is 2. The molecule has 0 aliphatic rings. The van der Waals surface area contributed by atoms with Crippen molar-refractivity contribution < 1.29 is 5.11 Å². The van der Waals surface area contributed by atoms with Crippen LogP contribution in [0.1, 0.15) is 6.42 Å². The highest BCUT2D eigenvalue weighted by atomic mass is 79.9. The van der Waals surface area contributed by atoms with Crippen molar-refractivity contribution in [3.63, 3.8) is 0 Å². The van der Waals surface area contributed by atoms with Gasteiger partial charge in [-0.15, -0.1) is 0 Å². The monoisotopic (exact) mass is 314 g/mol. The zero-order chi connectivity index (χ0) is 12.3. The average molecular weight is 316 g/mol. The van der Waals surface area contributed by atoms with Gasteiger partial charge in [-0.25, -0.2) is 4.98 Å². The molecule has 0 unspecified atom stereocenters. The number of halogens is 2. The summed E-state index contributed by atoms with van der Waals surface area (Å²) in [5.41, 5.74) is 0.781.